The van der Waals surface area contributed by atoms with Crippen molar-refractivity contribution in [1.29, 1.82) is 0 Å². The van der Waals surface area contributed by atoms with E-state index < -0.39 is 11.5 Å². The lowest BCUT2D eigenvalue weighted by molar-refractivity contribution is -0.142. The zero-order valence-electron chi connectivity index (χ0n) is 11.4. The predicted octanol–water partition coefficient (Wildman–Crippen LogP) is 1.99. The highest BCUT2D eigenvalue weighted by Crippen LogP contribution is 2.28. The summed E-state index contributed by atoms with van der Waals surface area (Å²) in [6.07, 6.45) is 2.25. The molecule has 1 fully saturated rings. The minimum absolute atomic E-state index is 0.368. The zero-order valence-corrected chi connectivity index (χ0v) is 13.0. The fourth-order valence-corrected chi connectivity index (χ4v) is 3.24. The first-order valence-electron chi connectivity index (χ1n) is 6.76. The predicted molar refractivity (Wildman–Crippen MR) is 83.9 cm³/mol. The van der Waals surface area contributed by atoms with Crippen molar-refractivity contribution >= 4 is 32.8 Å². The van der Waals surface area contributed by atoms with E-state index in [2.05, 4.69) is 25.8 Å². The Morgan fingerprint density at radius 3 is 3.00 bits per heavy atom. The summed E-state index contributed by atoms with van der Waals surface area (Å²) in [6, 6.07) is 7.95. The molecule has 1 aromatic heterocycles. The van der Waals surface area contributed by atoms with E-state index in [1.165, 1.54) is 0 Å². The van der Waals surface area contributed by atoms with E-state index in [-0.39, 0.29) is 0 Å². The molecule has 0 spiro atoms. The highest BCUT2D eigenvalue weighted by atomic mass is 79.9. The van der Waals surface area contributed by atoms with Gasteiger partial charge in [0.25, 0.3) is 0 Å². The molecule has 1 atom stereocenters. The standard InChI is InChI=1S/C15H16BrN3O2/c16-12-4-3-10(13-11(12)2-1-6-18-13)8-19-7-5-15(17,9-19)14(20)21/h1-4,6H,5,7-9,17H2,(H,20,21). The fourth-order valence-electron chi connectivity index (χ4n) is 2.79. The average Bonchev–Trinajstić information content (AvgIpc) is 2.85. The number of nitrogens with zero attached hydrogens (tertiary/aromatic N) is 2. The third kappa shape index (κ3) is 2.66. The molecule has 5 nitrogen and oxygen atoms in total. The number of aliphatic carboxylic acids is 1. The van der Waals surface area contributed by atoms with E-state index in [1.807, 2.05) is 24.3 Å². The van der Waals surface area contributed by atoms with Gasteiger partial charge in [-0.2, -0.15) is 0 Å². The molecule has 21 heavy (non-hydrogen) atoms. The maximum atomic E-state index is 11.2. The number of fused-ring (bicyclic) bond motifs is 1. The molecule has 1 unspecified atom stereocenters. The van der Waals surface area contributed by atoms with Crippen LogP contribution in [0.4, 0.5) is 0 Å². The van der Waals surface area contributed by atoms with Crippen molar-refractivity contribution in [2.75, 3.05) is 13.1 Å². The highest BCUT2D eigenvalue weighted by molar-refractivity contribution is 9.10. The van der Waals surface area contributed by atoms with Gasteiger partial charge in [-0.25, -0.2) is 0 Å². The summed E-state index contributed by atoms with van der Waals surface area (Å²) in [5.74, 6) is -0.927. The summed E-state index contributed by atoms with van der Waals surface area (Å²) in [5.41, 5.74) is 6.82. The van der Waals surface area contributed by atoms with Crippen molar-refractivity contribution < 1.29 is 9.90 Å². The molecule has 0 amide bonds. The molecular weight excluding hydrogens is 334 g/mol. The summed E-state index contributed by atoms with van der Waals surface area (Å²) < 4.78 is 1.01. The topological polar surface area (TPSA) is 79.5 Å². The summed E-state index contributed by atoms with van der Waals surface area (Å²) in [6.45, 7) is 1.72. The molecule has 1 aliphatic heterocycles. The Morgan fingerprint density at radius 1 is 1.48 bits per heavy atom. The molecular formula is C15H16BrN3O2. The second kappa shape index (κ2) is 5.36. The number of carboxylic acids is 1. The third-order valence-electron chi connectivity index (χ3n) is 4.00. The fraction of sp³-hybridized carbons (Fsp3) is 0.333. The number of rotatable bonds is 3. The van der Waals surface area contributed by atoms with Crippen molar-refractivity contribution in [3.63, 3.8) is 0 Å². The van der Waals surface area contributed by atoms with Gasteiger partial charge in [0.15, 0.2) is 0 Å². The van der Waals surface area contributed by atoms with Crippen LogP contribution in [0.1, 0.15) is 12.0 Å². The quantitative estimate of drug-likeness (QED) is 0.885. The number of aromatic nitrogens is 1. The van der Waals surface area contributed by atoms with Gasteiger partial charge in [0, 0.05) is 35.7 Å². The normalized spacial score (nSPS) is 22.8. The van der Waals surface area contributed by atoms with Crippen molar-refractivity contribution in [2.45, 2.75) is 18.5 Å². The van der Waals surface area contributed by atoms with Crippen LogP contribution in [0.2, 0.25) is 0 Å². The molecule has 0 aliphatic carbocycles. The maximum absolute atomic E-state index is 11.2. The van der Waals surface area contributed by atoms with E-state index >= 15 is 0 Å². The molecule has 1 aliphatic rings. The molecule has 6 heteroatoms. The van der Waals surface area contributed by atoms with Crippen LogP contribution in [0.5, 0.6) is 0 Å². The SMILES string of the molecule is NC1(C(=O)O)CCN(Cc2ccc(Br)c3cccnc23)C1. The van der Waals surface area contributed by atoms with E-state index in [1.54, 1.807) is 6.20 Å². The van der Waals surface area contributed by atoms with Crippen LogP contribution in [0.3, 0.4) is 0 Å². The molecule has 3 N–H and O–H groups in total. The number of hydrogen-bond donors (Lipinski definition) is 2. The van der Waals surface area contributed by atoms with Crippen LogP contribution in [0.15, 0.2) is 34.9 Å². The number of likely N-dealkylation sites (tertiary alicyclic amines) is 1. The zero-order chi connectivity index (χ0) is 15.0. The van der Waals surface area contributed by atoms with E-state index in [0.717, 1.165) is 20.9 Å². The monoisotopic (exact) mass is 349 g/mol. The van der Waals surface area contributed by atoms with Gasteiger partial charge < -0.3 is 10.8 Å². The van der Waals surface area contributed by atoms with Gasteiger partial charge >= 0.3 is 5.97 Å². The maximum Gasteiger partial charge on any atom is 0.325 e. The molecule has 0 bridgehead atoms. The molecule has 3 rings (SSSR count). The van der Waals surface area contributed by atoms with Crippen molar-refractivity contribution in [3.8, 4) is 0 Å². The van der Waals surface area contributed by atoms with Crippen LogP contribution < -0.4 is 5.73 Å². The Morgan fingerprint density at radius 2 is 2.29 bits per heavy atom. The van der Waals surface area contributed by atoms with Gasteiger partial charge in [0.05, 0.1) is 5.52 Å². The molecule has 0 radical (unpaired) electrons. The first-order valence-corrected chi connectivity index (χ1v) is 7.56. The Labute approximate surface area is 130 Å². The van der Waals surface area contributed by atoms with E-state index in [4.69, 9.17) is 5.73 Å². The first-order chi connectivity index (χ1) is 9.99. The number of halogens is 1. The summed E-state index contributed by atoms with van der Waals surface area (Å²) in [4.78, 5) is 17.7. The Hall–Kier alpha value is -1.50. The van der Waals surface area contributed by atoms with Crippen molar-refractivity contribution in [2.24, 2.45) is 5.73 Å². The van der Waals surface area contributed by atoms with Gasteiger partial charge in [-0.15, -0.1) is 0 Å². The molecule has 1 saturated heterocycles. The summed E-state index contributed by atoms with van der Waals surface area (Å²) in [5, 5.41) is 10.3. The lowest BCUT2D eigenvalue weighted by atomic mass is 10.0. The minimum atomic E-state index is -1.13. The smallest absolute Gasteiger partial charge is 0.325 e. The molecule has 2 heterocycles. The number of hydrogen-bond acceptors (Lipinski definition) is 4. The average molecular weight is 350 g/mol. The second-order valence-corrected chi connectivity index (χ2v) is 6.38. The largest absolute Gasteiger partial charge is 0.480 e. The van der Waals surface area contributed by atoms with Crippen LogP contribution >= 0.6 is 15.9 Å². The first kappa shape index (κ1) is 14.4. The minimum Gasteiger partial charge on any atom is -0.480 e. The highest BCUT2D eigenvalue weighted by Gasteiger charge is 2.41. The summed E-state index contributed by atoms with van der Waals surface area (Å²) >= 11 is 3.53. The van der Waals surface area contributed by atoms with Crippen LogP contribution in [-0.2, 0) is 11.3 Å². The Balaban J connectivity index is 1.87. The van der Waals surface area contributed by atoms with E-state index in [9.17, 15) is 9.90 Å². The number of carbonyl (C=O) groups is 1. The van der Waals surface area contributed by atoms with Gasteiger partial charge in [-0.3, -0.25) is 14.7 Å². The number of nitrogens with two attached hydrogens (primary N) is 1. The molecule has 110 valence electrons. The van der Waals surface area contributed by atoms with Gasteiger partial charge in [0.2, 0.25) is 0 Å². The van der Waals surface area contributed by atoms with Gasteiger partial charge in [-0.05, 0) is 24.1 Å². The molecule has 1 aromatic carbocycles. The Kier molecular flexibility index (Phi) is 3.69. The van der Waals surface area contributed by atoms with Crippen LogP contribution in [0.25, 0.3) is 10.9 Å². The molecule has 0 saturated carbocycles. The lowest BCUT2D eigenvalue weighted by Gasteiger charge is -2.20. The number of pyridine rings is 1. The van der Waals surface area contributed by atoms with Crippen molar-refractivity contribution in [1.82, 2.24) is 9.88 Å². The second-order valence-electron chi connectivity index (χ2n) is 5.53. The Bertz CT molecular complexity index is 706. The third-order valence-corrected chi connectivity index (χ3v) is 4.69. The number of carboxylic acid groups (broad SMARTS) is 1. The van der Waals surface area contributed by atoms with E-state index in [0.29, 0.717) is 26.1 Å². The lowest BCUT2D eigenvalue weighted by Crippen LogP contribution is -2.50. The van der Waals surface area contributed by atoms with Crippen LogP contribution in [-0.4, -0.2) is 39.6 Å². The molecule has 2 aromatic rings. The summed E-state index contributed by atoms with van der Waals surface area (Å²) in [7, 11) is 0. The van der Waals surface area contributed by atoms with Crippen molar-refractivity contribution in [3.05, 3.63) is 40.5 Å². The van der Waals surface area contributed by atoms with Crippen LogP contribution in [0, 0.1) is 0 Å². The number of benzene rings is 1. The van der Waals surface area contributed by atoms with Gasteiger partial charge in [0.1, 0.15) is 5.54 Å². The van der Waals surface area contributed by atoms with Gasteiger partial charge in [-0.1, -0.05) is 28.1 Å².